The van der Waals surface area contributed by atoms with Crippen LogP contribution >= 0.6 is 11.8 Å². The van der Waals surface area contributed by atoms with Crippen LogP contribution in [0.2, 0.25) is 0 Å². The number of carbonyl (C=O) groups excluding carboxylic acids is 1. The lowest BCUT2D eigenvalue weighted by Crippen LogP contribution is -2.27. The van der Waals surface area contributed by atoms with Crippen LogP contribution in [-0.2, 0) is 11.2 Å². The third-order valence-electron chi connectivity index (χ3n) is 3.90. The molecular formula is C19H22OS. The van der Waals surface area contributed by atoms with Crippen LogP contribution in [0.15, 0.2) is 59.5 Å². The Hall–Kier alpha value is -1.54. The molecule has 0 aliphatic rings. The summed E-state index contributed by atoms with van der Waals surface area (Å²) in [6, 6.07) is 18.8. The van der Waals surface area contributed by atoms with E-state index >= 15 is 0 Å². The molecule has 1 nitrogen and oxygen atoms in total. The second-order valence-electron chi connectivity index (χ2n) is 5.60. The highest BCUT2D eigenvalue weighted by molar-refractivity contribution is 7.99. The van der Waals surface area contributed by atoms with Gasteiger partial charge in [0.2, 0.25) is 0 Å². The van der Waals surface area contributed by atoms with Crippen molar-refractivity contribution in [2.75, 3.05) is 5.75 Å². The van der Waals surface area contributed by atoms with E-state index in [1.165, 1.54) is 16.0 Å². The Bertz CT molecular complexity index is 562. The van der Waals surface area contributed by atoms with Crippen LogP contribution in [0.4, 0.5) is 0 Å². The number of aldehydes is 1. The first-order valence-corrected chi connectivity index (χ1v) is 8.36. The largest absolute Gasteiger partial charge is 0.303 e. The van der Waals surface area contributed by atoms with Crippen molar-refractivity contribution in [3.63, 3.8) is 0 Å². The average Bonchev–Trinajstić information content (AvgIpc) is 2.54. The summed E-state index contributed by atoms with van der Waals surface area (Å²) in [5, 5.41) is 0. The summed E-state index contributed by atoms with van der Waals surface area (Å²) in [5.74, 6) is 0.824. The van der Waals surface area contributed by atoms with Gasteiger partial charge >= 0.3 is 0 Å². The molecule has 1 atom stereocenters. The van der Waals surface area contributed by atoms with Gasteiger partial charge in [-0.3, -0.25) is 0 Å². The van der Waals surface area contributed by atoms with Gasteiger partial charge in [0.1, 0.15) is 6.29 Å². The smallest absolute Gasteiger partial charge is 0.127 e. The number of thioether (sulfide) groups is 1. The molecule has 0 amide bonds. The summed E-state index contributed by atoms with van der Waals surface area (Å²) in [4.78, 5) is 13.0. The maximum Gasteiger partial charge on any atom is 0.127 e. The van der Waals surface area contributed by atoms with E-state index < -0.39 is 0 Å². The van der Waals surface area contributed by atoms with Crippen LogP contribution in [0.3, 0.4) is 0 Å². The number of hydrogen-bond donors (Lipinski definition) is 0. The van der Waals surface area contributed by atoms with Crippen molar-refractivity contribution in [3.8, 4) is 0 Å². The van der Waals surface area contributed by atoms with E-state index in [2.05, 4.69) is 50.2 Å². The van der Waals surface area contributed by atoms with Crippen molar-refractivity contribution in [3.05, 3.63) is 65.7 Å². The lowest BCUT2D eigenvalue weighted by atomic mass is 9.82. The van der Waals surface area contributed by atoms with Gasteiger partial charge in [-0.05, 0) is 37.5 Å². The fraction of sp³-hybridized carbons (Fsp3) is 0.316. The van der Waals surface area contributed by atoms with Crippen molar-refractivity contribution < 1.29 is 4.79 Å². The summed E-state index contributed by atoms with van der Waals surface area (Å²) < 4.78 is 0. The molecule has 0 N–H and O–H groups in total. The Morgan fingerprint density at radius 3 is 2.29 bits per heavy atom. The third kappa shape index (κ3) is 4.47. The van der Waals surface area contributed by atoms with Crippen LogP contribution in [-0.4, -0.2) is 12.0 Å². The lowest BCUT2D eigenvalue weighted by molar-refractivity contribution is -0.115. The first-order chi connectivity index (χ1) is 10.2. The molecule has 21 heavy (non-hydrogen) atoms. The number of hydrogen-bond acceptors (Lipinski definition) is 2. The molecule has 0 saturated heterocycles. The molecule has 0 bridgehead atoms. The van der Waals surface area contributed by atoms with Crippen LogP contribution in [0.1, 0.15) is 24.5 Å². The van der Waals surface area contributed by atoms with Crippen LogP contribution in [0, 0.1) is 12.3 Å². The molecule has 0 radical (unpaired) electrons. The summed E-state index contributed by atoms with van der Waals surface area (Å²) in [6.07, 6.45) is 2.83. The Morgan fingerprint density at radius 2 is 1.71 bits per heavy atom. The summed E-state index contributed by atoms with van der Waals surface area (Å²) >= 11 is 1.77. The van der Waals surface area contributed by atoms with Gasteiger partial charge in [0.05, 0.1) is 0 Å². The predicted octanol–water partition coefficient (Wildman–Crippen LogP) is 4.93. The topological polar surface area (TPSA) is 17.1 Å². The summed E-state index contributed by atoms with van der Waals surface area (Å²) in [7, 11) is 0. The zero-order valence-electron chi connectivity index (χ0n) is 12.7. The fourth-order valence-corrected chi connectivity index (χ4v) is 3.46. The number of carbonyl (C=O) groups is 1. The van der Waals surface area contributed by atoms with Crippen molar-refractivity contribution in [1.82, 2.24) is 0 Å². The maximum atomic E-state index is 11.7. The van der Waals surface area contributed by atoms with E-state index in [1.807, 2.05) is 18.2 Å². The van der Waals surface area contributed by atoms with E-state index in [-0.39, 0.29) is 5.41 Å². The highest BCUT2D eigenvalue weighted by Crippen LogP contribution is 2.32. The molecule has 0 aliphatic heterocycles. The SMILES string of the molecule is CCC(C=O)(CSc1ccc(C)cc1)Cc1ccccc1. The lowest BCUT2D eigenvalue weighted by Gasteiger charge is -2.26. The van der Waals surface area contributed by atoms with Crippen molar-refractivity contribution in [2.45, 2.75) is 31.6 Å². The van der Waals surface area contributed by atoms with E-state index in [0.29, 0.717) is 0 Å². The quantitative estimate of drug-likeness (QED) is 0.533. The molecule has 2 aromatic rings. The van der Waals surface area contributed by atoms with Gasteiger partial charge in [0.15, 0.2) is 0 Å². The normalized spacial score (nSPS) is 13.6. The standard InChI is InChI=1S/C19H22OS/c1-3-19(14-20,13-17-7-5-4-6-8-17)15-21-18-11-9-16(2)10-12-18/h4-12,14H,3,13,15H2,1-2H3. The molecule has 2 rings (SSSR count). The van der Waals surface area contributed by atoms with Gasteiger partial charge < -0.3 is 4.79 Å². The Morgan fingerprint density at radius 1 is 1.05 bits per heavy atom. The minimum atomic E-state index is -0.281. The molecule has 0 aliphatic carbocycles. The van der Waals surface area contributed by atoms with Crippen molar-refractivity contribution in [1.29, 1.82) is 0 Å². The minimum Gasteiger partial charge on any atom is -0.303 e. The van der Waals surface area contributed by atoms with Gasteiger partial charge in [-0.25, -0.2) is 0 Å². The molecule has 0 saturated carbocycles. The molecular weight excluding hydrogens is 276 g/mol. The Balaban J connectivity index is 2.07. The first-order valence-electron chi connectivity index (χ1n) is 7.37. The molecule has 0 fully saturated rings. The van der Waals surface area contributed by atoms with Gasteiger partial charge in [-0.1, -0.05) is 55.0 Å². The van der Waals surface area contributed by atoms with Gasteiger partial charge in [-0.15, -0.1) is 11.8 Å². The second-order valence-corrected chi connectivity index (χ2v) is 6.65. The second kappa shape index (κ2) is 7.46. The molecule has 1 unspecified atom stereocenters. The summed E-state index contributed by atoms with van der Waals surface area (Å²) in [5.41, 5.74) is 2.22. The van der Waals surface area contributed by atoms with E-state index in [9.17, 15) is 4.79 Å². The highest BCUT2D eigenvalue weighted by atomic mass is 32.2. The van der Waals surface area contributed by atoms with E-state index in [0.717, 1.165) is 24.9 Å². The fourth-order valence-electron chi connectivity index (χ4n) is 2.30. The molecule has 2 heteroatoms. The molecule has 2 aromatic carbocycles. The maximum absolute atomic E-state index is 11.7. The number of aryl methyl sites for hydroxylation is 1. The monoisotopic (exact) mass is 298 g/mol. The third-order valence-corrected chi connectivity index (χ3v) is 5.23. The van der Waals surface area contributed by atoms with Gasteiger partial charge in [0, 0.05) is 16.1 Å². The Labute approximate surface area is 131 Å². The average molecular weight is 298 g/mol. The number of benzene rings is 2. The minimum absolute atomic E-state index is 0.281. The first kappa shape index (κ1) is 15.8. The number of rotatable bonds is 7. The highest BCUT2D eigenvalue weighted by Gasteiger charge is 2.28. The Kier molecular flexibility index (Phi) is 5.63. The van der Waals surface area contributed by atoms with Gasteiger partial charge in [-0.2, -0.15) is 0 Å². The van der Waals surface area contributed by atoms with Crippen molar-refractivity contribution in [2.24, 2.45) is 5.41 Å². The molecule has 0 aromatic heterocycles. The predicted molar refractivity (Wildman–Crippen MR) is 90.8 cm³/mol. The van der Waals surface area contributed by atoms with E-state index in [4.69, 9.17) is 0 Å². The van der Waals surface area contributed by atoms with Crippen LogP contribution in [0.5, 0.6) is 0 Å². The summed E-state index contributed by atoms with van der Waals surface area (Å²) in [6.45, 7) is 4.19. The van der Waals surface area contributed by atoms with Gasteiger partial charge in [0.25, 0.3) is 0 Å². The molecule has 110 valence electrons. The zero-order chi connectivity index (χ0) is 15.1. The zero-order valence-corrected chi connectivity index (χ0v) is 13.5. The molecule has 0 spiro atoms. The van der Waals surface area contributed by atoms with E-state index in [1.54, 1.807) is 11.8 Å². The molecule has 0 heterocycles. The van der Waals surface area contributed by atoms with Crippen molar-refractivity contribution >= 4 is 18.0 Å². The van der Waals surface area contributed by atoms with Crippen LogP contribution in [0.25, 0.3) is 0 Å². The van der Waals surface area contributed by atoms with Crippen LogP contribution < -0.4 is 0 Å².